The van der Waals surface area contributed by atoms with E-state index in [1.54, 1.807) is 0 Å². The highest BCUT2D eigenvalue weighted by Gasteiger charge is 2.26. The molecule has 1 aromatic carbocycles. The molecule has 0 aliphatic heterocycles. The predicted molar refractivity (Wildman–Crippen MR) is 65.5 cm³/mol. The quantitative estimate of drug-likeness (QED) is 0.877. The van der Waals surface area contributed by atoms with Gasteiger partial charge in [-0.25, -0.2) is 0 Å². The number of fused-ring (bicyclic) bond motifs is 1. The molecule has 0 saturated heterocycles. The van der Waals surface area contributed by atoms with Crippen molar-refractivity contribution in [1.29, 1.82) is 0 Å². The zero-order chi connectivity index (χ0) is 11.1. The first-order valence-corrected chi connectivity index (χ1v) is 6.05. The van der Waals surface area contributed by atoms with Crippen LogP contribution >= 0.6 is 11.6 Å². The number of hydrogen-bond donors (Lipinski definition) is 1. The molecule has 16 heavy (non-hydrogen) atoms. The van der Waals surface area contributed by atoms with Crippen LogP contribution in [0.15, 0.2) is 28.7 Å². The molecule has 1 saturated carbocycles. The molecule has 3 rings (SSSR count). The SMILES string of the molecule is N[C@H](CC1CC1)c1cc2c(Cl)cccc2o1. The molecule has 1 aliphatic rings. The fourth-order valence-electron chi connectivity index (χ4n) is 2.06. The molecular weight excluding hydrogens is 222 g/mol. The molecule has 2 nitrogen and oxygen atoms in total. The summed E-state index contributed by atoms with van der Waals surface area (Å²) >= 11 is 6.09. The molecule has 2 aromatic rings. The molecule has 1 heterocycles. The lowest BCUT2D eigenvalue weighted by Crippen LogP contribution is -2.09. The Hall–Kier alpha value is -0.990. The van der Waals surface area contributed by atoms with Crippen molar-refractivity contribution >= 4 is 22.6 Å². The van der Waals surface area contributed by atoms with Gasteiger partial charge in [-0.15, -0.1) is 0 Å². The maximum Gasteiger partial charge on any atom is 0.135 e. The molecule has 0 radical (unpaired) electrons. The van der Waals surface area contributed by atoms with E-state index in [4.69, 9.17) is 21.8 Å². The van der Waals surface area contributed by atoms with Crippen molar-refractivity contribution < 1.29 is 4.42 Å². The largest absolute Gasteiger partial charge is 0.459 e. The highest BCUT2D eigenvalue weighted by molar-refractivity contribution is 6.35. The average Bonchev–Trinajstić information content (AvgIpc) is 2.95. The van der Waals surface area contributed by atoms with Gasteiger partial charge in [-0.3, -0.25) is 0 Å². The summed E-state index contributed by atoms with van der Waals surface area (Å²) in [4.78, 5) is 0. The van der Waals surface area contributed by atoms with E-state index in [-0.39, 0.29) is 6.04 Å². The van der Waals surface area contributed by atoms with Crippen LogP contribution in [0.3, 0.4) is 0 Å². The third-order valence-corrected chi connectivity index (χ3v) is 3.51. The predicted octanol–water partition coefficient (Wildman–Crippen LogP) is 3.89. The maximum atomic E-state index is 6.11. The number of furan rings is 1. The molecule has 3 heteroatoms. The van der Waals surface area contributed by atoms with Crippen molar-refractivity contribution in [3.05, 3.63) is 35.0 Å². The van der Waals surface area contributed by atoms with Gasteiger partial charge in [-0.05, 0) is 30.5 Å². The second-order valence-corrected chi connectivity index (χ2v) is 4.99. The molecule has 0 unspecified atom stereocenters. The zero-order valence-corrected chi connectivity index (χ0v) is 9.70. The third kappa shape index (κ3) is 1.83. The van der Waals surface area contributed by atoms with E-state index in [1.165, 1.54) is 12.8 Å². The van der Waals surface area contributed by atoms with Crippen LogP contribution in [-0.2, 0) is 0 Å². The van der Waals surface area contributed by atoms with Crippen LogP contribution in [0.1, 0.15) is 31.1 Å². The molecule has 84 valence electrons. The summed E-state index contributed by atoms with van der Waals surface area (Å²) in [6.07, 6.45) is 3.65. The summed E-state index contributed by atoms with van der Waals surface area (Å²) in [6.45, 7) is 0. The van der Waals surface area contributed by atoms with E-state index < -0.39 is 0 Å². The summed E-state index contributed by atoms with van der Waals surface area (Å²) in [5, 5.41) is 1.69. The highest BCUT2D eigenvalue weighted by Crippen LogP contribution is 2.38. The number of halogens is 1. The summed E-state index contributed by atoms with van der Waals surface area (Å²) in [5.41, 5.74) is 6.94. The maximum absolute atomic E-state index is 6.11. The first kappa shape index (κ1) is 10.2. The average molecular weight is 236 g/mol. The molecule has 1 aromatic heterocycles. The van der Waals surface area contributed by atoms with Crippen molar-refractivity contribution in [1.82, 2.24) is 0 Å². The molecular formula is C13H14ClNO. The second-order valence-electron chi connectivity index (χ2n) is 4.59. The molecule has 1 aliphatic carbocycles. The van der Waals surface area contributed by atoms with Gasteiger partial charge in [0.25, 0.3) is 0 Å². The van der Waals surface area contributed by atoms with Gasteiger partial charge in [-0.2, -0.15) is 0 Å². The molecule has 1 atom stereocenters. The Morgan fingerprint density at radius 2 is 2.25 bits per heavy atom. The van der Waals surface area contributed by atoms with Gasteiger partial charge in [0.05, 0.1) is 11.1 Å². The Balaban J connectivity index is 1.94. The smallest absolute Gasteiger partial charge is 0.135 e. The standard InChI is InChI=1S/C13H14ClNO/c14-10-2-1-3-12-9(10)7-13(16-12)11(15)6-8-4-5-8/h1-3,7-8,11H,4-6,15H2/t11-/m1/s1. The molecule has 0 spiro atoms. The summed E-state index contributed by atoms with van der Waals surface area (Å²) in [7, 11) is 0. The molecule has 2 N–H and O–H groups in total. The van der Waals surface area contributed by atoms with Crippen LogP contribution in [0.25, 0.3) is 11.0 Å². The Labute approximate surface area is 99.4 Å². The van der Waals surface area contributed by atoms with Crippen LogP contribution < -0.4 is 5.73 Å². The Morgan fingerprint density at radius 3 is 2.94 bits per heavy atom. The van der Waals surface area contributed by atoms with Crippen LogP contribution in [0, 0.1) is 5.92 Å². The second kappa shape index (κ2) is 3.79. The van der Waals surface area contributed by atoms with E-state index >= 15 is 0 Å². The number of rotatable bonds is 3. The van der Waals surface area contributed by atoms with Crippen molar-refractivity contribution in [2.24, 2.45) is 11.7 Å². The number of hydrogen-bond acceptors (Lipinski definition) is 2. The van der Waals surface area contributed by atoms with Gasteiger partial charge in [0, 0.05) is 5.39 Å². The highest BCUT2D eigenvalue weighted by atomic mass is 35.5. The topological polar surface area (TPSA) is 39.2 Å². The lowest BCUT2D eigenvalue weighted by atomic mass is 10.1. The number of nitrogens with two attached hydrogens (primary N) is 1. The van der Waals surface area contributed by atoms with Gasteiger partial charge in [0.15, 0.2) is 0 Å². The fraction of sp³-hybridized carbons (Fsp3) is 0.385. The van der Waals surface area contributed by atoms with Gasteiger partial charge < -0.3 is 10.2 Å². The zero-order valence-electron chi connectivity index (χ0n) is 8.95. The monoisotopic (exact) mass is 235 g/mol. The Bertz CT molecular complexity index is 516. The van der Waals surface area contributed by atoms with E-state index in [2.05, 4.69) is 0 Å². The molecule has 0 amide bonds. The van der Waals surface area contributed by atoms with Gasteiger partial charge >= 0.3 is 0 Å². The first-order chi connectivity index (χ1) is 7.74. The minimum Gasteiger partial charge on any atom is -0.459 e. The lowest BCUT2D eigenvalue weighted by Gasteiger charge is -2.06. The van der Waals surface area contributed by atoms with Crippen molar-refractivity contribution in [2.75, 3.05) is 0 Å². The number of benzene rings is 1. The van der Waals surface area contributed by atoms with E-state index in [9.17, 15) is 0 Å². The van der Waals surface area contributed by atoms with E-state index in [0.29, 0.717) is 0 Å². The van der Waals surface area contributed by atoms with Crippen LogP contribution in [-0.4, -0.2) is 0 Å². The fourth-order valence-corrected chi connectivity index (χ4v) is 2.28. The Kier molecular flexibility index (Phi) is 2.41. The molecule has 1 fully saturated rings. The Morgan fingerprint density at radius 1 is 1.44 bits per heavy atom. The van der Waals surface area contributed by atoms with E-state index in [1.807, 2.05) is 24.3 Å². The van der Waals surface area contributed by atoms with Crippen LogP contribution in [0.2, 0.25) is 5.02 Å². The van der Waals surface area contributed by atoms with Gasteiger partial charge in [0.2, 0.25) is 0 Å². The summed E-state index contributed by atoms with van der Waals surface area (Å²) in [6, 6.07) is 7.68. The van der Waals surface area contributed by atoms with Gasteiger partial charge in [-0.1, -0.05) is 30.5 Å². The van der Waals surface area contributed by atoms with E-state index in [0.717, 1.165) is 34.1 Å². The van der Waals surface area contributed by atoms with Crippen molar-refractivity contribution in [2.45, 2.75) is 25.3 Å². The van der Waals surface area contributed by atoms with Gasteiger partial charge in [0.1, 0.15) is 11.3 Å². The summed E-state index contributed by atoms with van der Waals surface area (Å²) < 4.78 is 5.73. The normalized spacial score (nSPS) is 17.9. The minimum absolute atomic E-state index is 0.0102. The first-order valence-electron chi connectivity index (χ1n) is 5.67. The van der Waals surface area contributed by atoms with Crippen LogP contribution in [0.4, 0.5) is 0 Å². The molecule has 0 bridgehead atoms. The third-order valence-electron chi connectivity index (χ3n) is 3.18. The van der Waals surface area contributed by atoms with Crippen LogP contribution in [0.5, 0.6) is 0 Å². The summed E-state index contributed by atoms with van der Waals surface area (Å²) in [5.74, 6) is 1.66. The van der Waals surface area contributed by atoms with Crippen molar-refractivity contribution in [3.8, 4) is 0 Å². The lowest BCUT2D eigenvalue weighted by molar-refractivity contribution is 0.463. The van der Waals surface area contributed by atoms with Crippen molar-refractivity contribution in [3.63, 3.8) is 0 Å². The minimum atomic E-state index is 0.0102.